The molecule has 1 aromatic rings. The van der Waals surface area contributed by atoms with Crippen molar-refractivity contribution in [2.75, 3.05) is 0 Å². The number of fused-ring (bicyclic) bond motifs is 1. The highest BCUT2D eigenvalue weighted by Gasteiger charge is 2.32. The lowest BCUT2D eigenvalue weighted by molar-refractivity contribution is -0.306. The zero-order chi connectivity index (χ0) is 10.9. The summed E-state index contributed by atoms with van der Waals surface area (Å²) >= 11 is 0. The number of halogens is 3. The number of hydrogen-bond acceptors (Lipinski definition) is 1. The van der Waals surface area contributed by atoms with Gasteiger partial charge in [-0.15, -0.1) is 13.2 Å². The lowest BCUT2D eigenvalue weighted by Gasteiger charge is -2.18. The molecule has 1 aliphatic rings. The molecule has 0 saturated heterocycles. The van der Waals surface area contributed by atoms with Crippen LogP contribution in [0.25, 0.3) is 0 Å². The molecule has 1 aromatic carbocycles. The maximum Gasteiger partial charge on any atom is 0.572 e. The summed E-state index contributed by atoms with van der Waals surface area (Å²) in [6.07, 6.45) is -2.38. The van der Waals surface area contributed by atoms with Gasteiger partial charge in [0.1, 0.15) is 5.76 Å². The highest BCUT2D eigenvalue weighted by atomic mass is 19.4. The van der Waals surface area contributed by atoms with Crippen LogP contribution in [0.3, 0.4) is 0 Å². The summed E-state index contributed by atoms with van der Waals surface area (Å²) in [4.78, 5) is 0. The largest absolute Gasteiger partial charge is 0.572 e. The monoisotopic (exact) mass is 214 g/mol. The second-order valence-electron chi connectivity index (χ2n) is 3.37. The van der Waals surface area contributed by atoms with Gasteiger partial charge in [0, 0.05) is 6.42 Å². The Kier molecular flexibility index (Phi) is 2.42. The van der Waals surface area contributed by atoms with Crippen molar-refractivity contribution in [3.05, 3.63) is 47.2 Å². The molecule has 1 nitrogen and oxygen atoms in total. The van der Waals surface area contributed by atoms with Crippen LogP contribution in [0.5, 0.6) is 0 Å². The Balaban J connectivity index is 2.13. The van der Waals surface area contributed by atoms with E-state index in [0.717, 1.165) is 11.1 Å². The average molecular weight is 214 g/mol. The zero-order valence-electron chi connectivity index (χ0n) is 7.84. The molecule has 0 radical (unpaired) electrons. The van der Waals surface area contributed by atoms with Gasteiger partial charge in [-0.3, -0.25) is 0 Å². The summed E-state index contributed by atoms with van der Waals surface area (Å²) < 4.78 is 39.8. The van der Waals surface area contributed by atoms with E-state index in [1.807, 2.05) is 24.3 Å². The van der Waals surface area contributed by atoms with Crippen LogP contribution in [0.1, 0.15) is 11.1 Å². The van der Waals surface area contributed by atoms with Crippen LogP contribution >= 0.6 is 0 Å². The fourth-order valence-electron chi connectivity index (χ4n) is 1.64. The number of rotatable bonds is 1. The first-order valence-corrected chi connectivity index (χ1v) is 4.56. The molecule has 2 rings (SSSR count). The molecule has 0 fully saturated rings. The fourth-order valence-corrected chi connectivity index (χ4v) is 1.64. The molecular formula is C11H9F3O. The summed E-state index contributed by atoms with van der Waals surface area (Å²) in [6, 6.07) is 7.43. The van der Waals surface area contributed by atoms with Gasteiger partial charge in [0.25, 0.3) is 0 Å². The van der Waals surface area contributed by atoms with Crippen LogP contribution in [0.4, 0.5) is 13.2 Å². The van der Waals surface area contributed by atoms with Crippen LogP contribution in [0.15, 0.2) is 36.1 Å². The van der Waals surface area contributed by atoms with Crippen molar-refractivity contribution in [2.24, 2.45) is 0 Å². The molecule has 0 heterocycles. The number of allylic oxidation sites excluding steroid dienone is 2. The Morgan fingerprint density at radius 3 is 2.40 bits per heavy atom. The third-order valence-electron chi connectivity index (χ3n) is 2.28. The van der Waals surface area contributed by atoms with Gasteiger partial charge >= 0.3 is 6.36 Å². The highest BCUT2D eigenvalue weighted by Crippen LogP contribution is 2.27. The first-order chi connectivity index (χ1) is 7.04. The Morgan fingerprint density at radius 1 is 1.07 bits per heavy atom. The molecule has 0 amide bonds. The van der Waals surface area contributed by atoms with E-state index in [4.69, 9.17) is 0 Å². The Bertz CT molecular complexity index is 393. The molecule has 0 bridgehead atoms. The van der Waals surface area contributed by atoms with Gasteiger partial charge in [-0.1, -0.05) is 24.3 Å². The van der Waals surface area contributed by atoms with Crippen molar-refractivity contribution in [3.8, 4) is 0 Å². The summed E-state index contributed by atoms with van der Waals surface area (Å²) in [6.45, 7) is 0. The first-order valence-electron chi connectivity index (χ1n) is 4.56. The molecule has 0 atom stereocenters. The van der Waals surface area contributed by atoms with Gasteiger partial charge in [-0.2, -0.15) is 0 Å². The van der Waals surface area contributed by atoms with Crippen molar-refractivity contribution in [3.63, 3.8) is 0 Å². The maximum absolute atomic E-state index is 12.0. The van der Waals surface area contributed by atoms with Gasteiger partial charge < -0.3 is 4.74 Å². The molecule has 4 heteroatoms. The van der Waals surface area contributed by atoms with Gasteiger partial charge in [0.05, 0.1) is 0 Å². The van der Waals surface area contributed by atoms with Crippen LogP contribution in [0.2, 0.25) is 0 Å². The van der Waals surface area contributed by atoms with Gasteiger partial charge in [-0.05, 0) is 23.6 Å². The maximum atomic E-state index is 12.0. The Hall–Kier alpha value is -1.45. The molecule has 0 aromatic heterocycles. The number of ether oxygens (including phenoxy) is 1. The molecule has 0 spiro atoms. The first kappa shape index (κ1) is 10.1. The normalized spacial score (nSPS) is 15.5. The van der Waals surface area contributed by atoms with E-state index in [0.29, 0.717) is 6.42 Å². The molecule has 0 saturated carbocycles. The van der Waals surface area contributed by atoms with E-state index in [2.05, 4.69) is 4.74 Å². The van der Waals surface area contributed by atoms with Crippen molar-refractivity contribution in [1.29, 1.82) is 0 Å². The summed E-state index contributed by atoms with van der Waals surface area (Å²) in [7, 11) is 0. The number of hydrogen-bond donors (Lipinski definition) is 0. The van der Waals surface area contributed by atoms with Crippen molar-refractivity contribution < 1.29 is 17.9 Å². The summed E-state index contributed by atoms with van der Waals surface area (Å²) in [5, 5.41) is 0. The minimum atomic E-state index is -4.59. The minimum absolute atomic E-state index is 0.0128. The molecule has 1 aliphatic carbocycles. The van der Waals surface area contributed by atoms with Gasteiger partial charge in [0.2, 0.25) is 0 Å². The lowest BCUT2D eigenvalue weighted by Crippen LogP contribution is -2.16. The smallest absolute Gasteiger partial charge is 0.410 e. The lowest BCUT2D eigenvalue weighted by atomic mass is 9.96. The van der Waals surface area contributed by atoms with Crippen LogP contribution in [0, 0.1) is 0 Å². The molecule has 15 heavy (non-hydrogen) atoms. The van der Waals surface area contributed by atoms with Crippen LogP contribution < -0.4 is 0 Å². The second-order valence-corrected chi connectivity index (χ2v) is 3.37. The summed E-state index contributed by atoms with van der Waals surface area (Å²) in [5.74, 6) is -0.0128. The molecule has 80 valence electrons. The summed E-state index contributed by atoms with van der Waals surface area (Å²) in [5.41, 5.74) is 1.96. The fraction of sp³-hybridized carbons (Fsp3) is 0.273. The molecule has 0 unspecified atom stereocenters. The van der Waals surface area contributed by atoms with Crippen molar-refractivity contribution >= 4 is 0 Å². The van der Waals surface area contributed by atoms with Gasteiger partial charge in [-0.25, -0.2) is 0 Å². The Labute approximate surface area is 85.2 Å². The average Bonchev–Trinajstić information content (AvgIpc) is 2.15. The molecular weight excluding hydrogens is 205 g/mol. The predicted octanol–water partition coefficient (Wildman–Crippen LogP) is 3.21. The zero-order valence-corrected chi connectivity index (χ0v) is 7.84. The molecule has 0 aliphatic heterocycles. The van der Waals surface area contributed by atoms with Crippen LogP contribution in [-0.2, 0) is 17.6 Å². The van der Waals surface area contributed by atoms with E-state index in [1.54, 1.807) is 0 Å². The number of alkyl halides is 3. The highest BCUT2D eigenvalue weighted by molar-refractivity contribution is 5.35. The SMILES string of the molecule is FC(F)(F)OC1=CCc2ccccc2C1. The van der Waals surface area contributed by atoms with E-state index >= 15 is 0 Å². The standard InChI is InChI=1S/C11H9F3O/c12-11(13,14)15-10-6-5-8-3-1-2-4-9(8)7-10/h1-4,6H,5,7H2. The van der Waals surface area contributed by atoms with Crippen molar-refractivity contribution in [1.82, 2.24) is 0 Å². The topological polar surface area (TPSA) is 9.23 Å². The van der Waals surface area contributed by atoms with Crippen LogP contribution in [-0.4, -0.2) is 6.36 Å². The number of benzene rings is 1. The Morgan fingerprint density at radius 2 is 1.73 bits per heavy atom. The van der Waals surface area contributed by atoms with E-state index in [1.165, 1.54) is 6.08 Å². The third kappa shape index (κ3) is 2.52. The second kappa shape index (κ2) is 3.61. The van der Waals surface area contributed by atoms with Crippen molar-refractivity contribution in [2.45, 2.75) is 19.2 Å². The van der Waals surface area contributed by atoms with E-state index < -0.39 is 6.36 Å². The molecule has 0 N–H and O–H groups in total. The minimum Gasteiger partial charge on any atom is -0.410 e. The quantitative estimate of drug-likeness (QED) is 0.697. The predicted molar refractivity (Wildman–Crippen MR) is 49.1 cm³/mol. The van der Waals surface area contributed by atoms with Gasteiger partial charge in [0.15, 0.2) is 0 Å². The van der Waals surface area contributed by atoms with E-state index in [9.17, 15) is 13.2 Å². The third-order valence-corrected chi connectivity index (χ3v) is 2.28. The van der Waals surface area contributed by atoms with E-state index in [-0.39, 0.29) is 12.2 Å².